The molecule has 1 aliphatic heterocycles. The lowest BCUT2D eigenvalue weighted by Crippen LogP contribution is -2.40. The van der Waals surface area contributed by atoms with E-state index in [1.165, 1.54) is 11.1 Å². The van der Waals surface area contributed by atoms with E-state index in [9.17, 15) is 9.90 Å². The molecule has 2 unspecified atom stereocenters. The van der Waals surface area contributed by atoms with Gasteiger partial charge in [0.2, 0.25) is 5.91 Å². The minimum absolute atomic E-state index is 0.0279. The topological polar surface area (TPSA) is 40.5 Å². The van der Waals surface area contributed by atoms with Crippen LogP contribution < -0.4 is 0 Å². The molecule has 1 amide bonds. The minimum Gasteiger partial charge on any atom is -0.388 e. The molecule has 3 heteroatoms. The Hall–Kier alpha value is -1.35. The van der Waals surface area contributed by atoms with Crippen LogP contribution in [0.2, 0.25) is 0 Å². The fourth-order valence-electron chi connectivity index (χ4n) is 2.83. The van der Waals surface area contributed by atoms with Gasteiger partial charge in [0.1, 0.15) is 0 Å². The van der Waals surface area contributed by atoms with Gasteiger partial charge in [0.25, 0.3) is 0 Å². The summed E-state index contributed by atoms with van der Waals surface area (Å²) in [6.07, 6.45) is 1.54. The van der Waals surface area contributed by atoms with Crippen molar-refractivity contribution in [1.29, 1.82) is 0 Å². The predicted molar refractivity (Wildman–Crippen MR) is 64.7 cm³/mol. The zero-order valence-corrected chi connectivity index (χ0v) is 10.0. The molecule has 1 N–H and O–H groups in total. The maximum atomic E-state index is 12.3. The van der Waals surface area contributed by atoms with E-state index >= 15 is 0 Å². The fraction of sp³-hybridized carbons (Fsp3) is 0.500. The normalized spacial score (nSPS) is 30.9. The number of carbonyl (C=O) groups excluding carboxylic acids is 1. The number of likely N-dealkylation sites (tertiary alicyclic amines) is 1. The van der Waals surface area contributed by atoms with Crippen molar-refractivity contribution in [3.63, 3.8) is 0 Å². The van der Waals surface area contributed by atoms with E-state index < -0.39 is 5.60 Å². The number of aliphatic hydroxyl groups is 1. The van der Waals surface area contributed by atoms with Gasteiger partial charge < -0.3 is 10.0 Å². The first-order valence-electron chi connectivity index (χ1n) is 6.16. The van der Waals surface area contributed by atoms with Crippen LogP contribution in [-0.4, -0.2) is 34.6 Å². The molecular weight excluding hydrogens is 214 g/mol. The second-order valence-corrected chi connectivity index (χ2v) is 5.46. The van der Waals surface area contributed by atoms with Crippen LogP contribution >= 0.6 is 0 Å². The van der Waals surface area contributed by atoms with Crippen molar-refractivity contribution in [3.8, 4) is 0 Å². The van der Waals surface area contributed by atoms with Gasteiger partial charge in [0.05, 0.1) is 11.5 Å². The molecule has 90 valence electrons. The van der Waals surface area contributed by atoms with Gasteiger partial charge in [0.15, 0.2) is 0 Å². The number of benzene rings is 1. The summed E-state index contributed by atoms with van der Waals surface area (Å²) in [4.78, 5) is 14.1. The summed E-state index contributed by atoms with van der Waals surface area (Å²) < 4.78 is 0. The van der Waals surface area contributed by atoms with Gasteiger partial charge in [-0.3, -0.25) is 4.79 Å². The number of hydrogen-bond acceptors (Lipinski definition) is 2. The van der Waals surface area contributed by atoms with Gasteiger partial charge in [-0.2, -0.15) is 0 Å². The number of β-amino-alcohol motifs (C(OH)–C–C–N with tert-alkyl or cyclic N) is 1. The molecule has 3 rings (SSSR count). The van der Waals surface area contributed by atoms with Gasteiger partial charge in [-0.15, -0.1) is 0 Å². The summed E-state index contributed by atoms with van der Waals surface area (Å²) in [6, 6.07) is 8.12. The molecule has 1 fully saturated rings. The standard InChI is InChI=1S/C14H17NO2/c1-14(17)6-7-15(9-14)13(16)12-8-10-4-2-3-5-11(10)12/h2-5,12,17H,6-9H2,1H3. The van der Waals surface area contributed by atoms with Gasteiger partial charge >= 0.3 is 0 Å². The average molecular weight is 231 g/mol. The Morgan fingerprint density at radius 3 is 2.88 bits per heavy atom. The van der Waals surface area contributed by atoms with Crippen molar-refractivity contribution >= 4 is 5.91 Å². The van der Waals surface area contributed by atoms with E-state index in [0.29, 0.717) is 19.5 Å². The Morgan fingerprint density at radius 1 is 1.47 bits per heavy atom. The lowest BCUT2D eigenvalue weighted by Gasteiger charge is -2.32. The molecule has 1 aromatic rings. The van der Waals surface area contributed by atoms with Crippen molar-refractivity contribution in [2.24, 2.45) is 0 Å². The molecule has 3 nitrogen and oxygen atoms in total. The first-order chi connectivity index (χ1) is 8.07. The molecule has 17 heavy (non-hydrogen) atoms. The zero-order valence-electron chi connectivity index (χ0n) is 10.0. The lowest BCUT2D eigenvalue weighted by atomic mass is 9.77. The van der Waals surface area contributed by atoms with Crippen LogP contribution in [0.5, 0.6) is 0 Å². The van der Waals surface area contributed by atoms with E-state index in [1.54, 1.807) is 11.8 Å². The largest absolute Gasteiger partial charge is 0.388 e. The number of carbonyl (C=O) groups is 1. The lowest BCUT2D eigenvalue weighted by molar-refractivity contribution is -0.133. The molecule has 0 spiro atoms. The van der Waals surface area contributed by atoms with Gasteiger partial charge in [-0.25, -0.2) is 0 Å². The van der Waals surface area contributed by atoms with E-state index in [2.05, 4.69) is 6.07 Å². The number of fused-ring (bicyclic) bond motifs is 1. The van der Waals surface area contributed by atoms with Crippen LogP contribution in [-0.2, 0) is 11.2 Å². The summed E-state index contributed by atoms with van der Waals surface area (Å²) in [5.41, 5.74) is 1.76. The van der Waals surface area contributed by atoms with Crippen LogP contribution in [0.3, 0.4) is 0 Å². The van der Waals surface area contributed by atoms with Gasteiger partial charge in [-0.05, 0) is 30.9 Å². The molecule has 0 saturated carbocycles. The summed E-state index contributed by atoms with van der Waals surface area (Å²) in [5.74, 6) is 0.210. The van der Waals surface area contributed by atoms with Crippen molar-refractivity contribution in [1.82, 2.24) is 4.90 Å². The Bertz CT molecular complexity index is 467. The summed E-state index contributed by atoms with van der Waals surface area (Å²) in [6.45, 7) is 2.96. The minimum atomic E-state index is -0.696. The Morgan fingerprint density at radius 2 is 2.24 bits per heavy atom. The van der Waals surface area contributed by atoms with Gasteiger partial charge in [-0.1, -0.05) is 24.3 Å². The fourth-order valence-corrected chi connectivity index (χ4v) is 2.83. The Kier molecular flexibility index (Phi) is 2.26. The molecule has 0 radical (unpaired) electrons. The van der Waals surface area contributed by atoms with E-state index in [1.807, 2.05) is 18.2 Å². The third-order valence-corrected chi connectivity index (χ3v) is 3.92. The van der Waals surface area contributed by atoms with Crippen LogP contribution in [0, 0.1) is 0 Å². The van der Waals surface area contributed by atoms with Crippen LogP contribution in [0.25, 0.3) is 0 Å². The second kappa shape index (κ2) is 3.57. The smallest absolute Gasteiger partial charge is 0.230 e. The zero-order chi connectivity index (χ0) is 12.0. The highest BCUT2D eigenvalue weighted by atomic mass is 16.3. The molecule has 0 aromatic heterocycles. The van der Waals surface area contributed by atoms with Crippen molar-refractivity contribution in [2.75, 3.05) is 13.1 Å². The highest BCUT2D eigenvalue weighted by Crippen LogP contribution is 2.37. The Balaban J connectivity index is 1.74. The molecule has 0 bridgehead atoms. The summed E-state index contributed by atoms with van der Waals surface area (Å²) in [5, 5.41) is 9.89. The molecule has 1 saturated heterocycles. The van der Waals surface area contributed by atoms with Crippen LogP contribution in [0.4, 0.5) is 0 Å². The predicted octanol–water partition coefficient (Wildman–Crippen LogP) is 1.31. The average Bonchev–Trinajstić information content (AvgIpc) is 2.61. The SMILES string of the molecule is CC1(O)CCN(C(=O)C2Cc3ccccc32)C1. The second-order valence-electron chi connectivity index (χ2n) is 5.46. The highest BCUT2D eigenvalue weighted by Gasteiger charge is 2.40. The number of amides is 1. The van der Waals surface area contributed by atoms with Crippen LogP contribution in [0.1, 0.15) is 30.4 Å². The van der Waals surface area contributed by atoms with Crippen molar-refractivity contribution < 1.29 is 9.90 Å². The molecule has 2 aliphatic rings. The maximum absolute atomic E-state index is 12.3. The molecule has 2 atom stereocenters. The molecule has 1 heterocycles. The van der Waals surface area contributed by atoms with E-state index in [-0.39, 0.29) is 11.8 Å². The number of nitrogens with zero attached hydrogens (tertiary/aromatic N) is 1. The Labute approximate surface area is 101 Å². The van der Waals surface area contributed by atoms with E-state index in [4.69, 9.17) is 0 Å². The summed E-state index contributed by atoms with van der Waals surface area (Å²) >= 11 is 0. The van der Waals surface area contributed by atoms with E-state index in [0.717, 1.165) is 6.42 Å². The number of rotatable bonds is 1. The first kappa shape index (κ1) is 10.8. The monoisotopic (exact) mass is 231 g/mol. The first-order valence-corrected chi connectivity index (χ1v) is 6.16. The molecule has 1 aromatic carbocycles. The number of hydrogen-bond donors (Lipinski definition) is 1. The van der Waals surface area contributed by atoms with Crippen molar-refractivity contribution in [3.05, 3.63) is 35.4 Å². The quantitative estimate of drug-likeness (QED) is 0.791. The highest BCUT2D eigenvalue weighted by molar-refractivity contribution is 5.87. The summed E-state index contributed by atoms with van der Waals surface area (Å²) in [7, 11) is 0. The molecular formula is C14H17NO2. The van der Waals surface area contributed by atoms with Crippen LogP contribution in [0.15, 0.2) is 24.3 Å². The molecule has 1 aliphatic carbocycles. The third kappa shape index (κ3) is 1.75. The maximum Gasteiger partial charge on any atom is 0.230 e. The third-order valence-electron chi connectivity index (χ3n) is 3.92. The van der Waals surface area contributed by atoms with Crippen molar-refractivity contribution in [2.45, 2.75) is 31.3 Å². The van der Waals surface area contributed by atoms with Gasteiger partial charge in [0, 0.05) is 13.1 Å².